The van der Waals surface area contributed by atoms with Crippen LogP contribution < -0.4 is 5.56 Å². The molecule has 0 radical (unpaired) electrons. The number of aromatic nitrogens is 1. The van der Waals surface area contributed by atoms with E-state index in [1.807, 2.05) is 47.9 Å². The Hall–Kier alpha value is -1.75. The highest BCUT2D eigenvalue weighted by molar-refractivity contribution is 7.99. The van der Waals surface area contributed by atoms with E-state index in [2.05, 4.69) is 4.98 Å². The topological polar surface area (TPSA) is 53.2 Å². The van der Waals surface area contributed by atoms with Crippen molar-refractivity contribution in [3.63, 3.8) is 0 Å². The minimum atomic E-state index is -0.0832. The van der Waals surface area contributed by atoms with E-state index in [9.17, 15) is 9.59 Å². The Morgan fingerprint density at radius 2 is 2.05 bits per heavy atom. The summed E-state index contributed by atoms with van der Waals surface area (Å²) in [7, 11) is 0. The lowest BCUT2D eigenvalue weighted by atomic mass is 10.1. The Balaban J connectivity index is 1.73. The fourth-order valence-corrected chi connectivity index (χ4v) is 3.66. The van der Waals surface area contributed by atoms with Crippen molar-refractivity contribution in [2.24, 2.45) is 0 Å². The lowest BCUT2D eigenvalue weighted by molar-refractivity contribution is -0.130. The fraction of sp³-hybridized carbons (Fsp3) is 0.412. The molecule has 1 saturated heterocycles. The number of aromatic amines is 1. The van der Waals surface area contributed by atoms with Crippen LogP contribution in [0.1, 0.15) is 17.5 Å². The summed E-state index contributed by atoms with van der Waals surface area (Å²) >= 11 is 1.89. The van der Waals surface area contributed by atoms with E-state index in [0.717, 1.165) is 41.1 Å². The van der Waals surface area contributed by atoms with Crippen LogP contribution in [0.3, 0.4) is 0 Å². The molecular formula is C17H20N2O2S. The van der Waals surface area contributed by atoms with Crippen molar-refractivity contribution < 1.29 is 4.79 Å². The van der Waals surface area contributed by atoms with Crippen LogP contribution in [0.4, 0.5) is 0 Å². The van der Waals surface area contributed by atoms with Gasteiger partial charge < -0.3 is 9.88 Å². The van der Waals surface area contributed by atoms with E-state index >= 15 is 0 Å². The highest BCUT2D eigenvalue weighted by atomic mass is 32.2. The van der Waals surface area contributed by atoms with Gasteiger partial charge in [0.15, 0.2) is 0 Å². The summed E-state index contributed by atoms with van der Waals surface area (Å²) < 4.78 is 0. The number of rotatable bonds is 3. The third kappa shape index (κ3) is 3.35. The number of aryl methyl sites for hydroxylation is 2. The minimum absolute atomic E-state index is 0.0832. The third-order valence-electron chi connectivity index (χ3n) is 4.05. The second-order valence-corrected chi connectivity index (χ2v) is 6.93. The molecule has 5 heteroatoms. The second-order valence-electron chi connectivity index (χ2n) is 5.71. The van der Waals surface area contributed by atoms with Gasteiger partial charge in [0, 0.05) is 42.1 Å². The van der Waals surface area contributed by atoms with Crippen molar-refractivity contribution in [1.82, 2.24) is 9.88 Å². The number of pyridine rings is 1. The van der Waals surface area contributed by atoms with Gasteiger partial charge in [-0.15, -0.1) is 0 Å². The minimum Gasteiger partial charge on any atom is -0.341 e. The van der Waals surface area contributed by atoms with Crippen LogP contribution in [0, 0.1) is 6.92 Å². The number of nitrogens with one attached hydrogen (secondary N) is 1. The van der Waals surface area contributed by atoms with Crippen LogP contribution in [0.5, 0.6) is 0 Å². The van der Waals surface area contributed by atoms with Gasteiger partial charge in [0.05, 0.1) is 0 Å². The monoisotopic (exact) mass is 316 g/mol. The molecule has 1 aromatic carbocycles. The lowest BCUT2D eigenvalue weighted by Crippen LogP contribution is -2.38. The first-order valence-electron chi connectivity index (χ1n) is 7.61. The molecule has 1 aliphatic heterocycles. The molecule has 1 N–H and O–H groups in total. The zero-order valence-electron chi connectivity index (χ0n) is 12.7. The summed E-state index contributed by atoms with van der Waals surface area (Å²) in [6, 6.07) is 7.92. The molecule has 0 aliphatic carbocycles. The lowest BCUT2D eigenvalue weighted by Gasteiger charge is -2.26. The van der Waals surface area contributed by atoms with Crippen LogP contribution in [-0.2, 0) is 11.2 Å². The van der Waals surface area contributed by atoms with E-state index in [1.54, 1.807) is 0 Å². The highest BCUT2D eigenvalue weighted by Crippen LogP contribution is 2.15. The Morgan fingerprint density at radius 1 is 1.27 bits per heavy atom. The van der Waals surface area contributed by atoms with E-state index < -0.39 is 0 Å². The van der Waals surface area contributed by atoms with Crippen LogP contribution in [-0.4, -0.2) is 40.4 Å². The molecule has 0 atom stereocenters. The number of carbonyl (C=O) groups excluding carboxylic acids is 1. The van der Waals surface area contributed by atoms with Crippen molar-refractivity contribution in [3.05, 3.63) is 45.7 Å². The quantitative estimate of drug-likeness (QED) is 0.945. The molecule has 1 fully saturated rings. The maximum atomic E-state index is 12.2. The Bertz CT molecular complexity index is 748. The van der Waals surface area contributed by atoms with Gasteiger partial charge in [-0.2, -0.15) is 11.8 Å². The van der Waals surface area contributed by atoms with Gasteiger partial charge in [-0.1, -0.05) is 12.1 Å². The number of H-pyrrole nitrogens is 1. The third-order valence-corrected chi connectivity index (χ3v) is 4.99. The standard InChI is InChI=1S/C17H20N2O2S/c1-12-2-3-13-11-14(17(21)18-15(13)10-12)4-5-16(20)19-6-8-22-9-7-19/h2-3,10-11H,4-9H2,1H3,(H,18,21). The molecule has 2 heterocycles. The number of hydrogen-bond donors (Lipinski definition) is 1. The average molecular weight is 316 g/mol. The number of benzene rings is 1. The highest BCUT2D eigenvalue weighted by Gasteiger charge is 2.17. The molecule has 0 unspecified atom stereocenters. The molecule has 0 saturated carbocycles. The summed E-state index contributed by atoms with van der Waals surface area (Å²) in [6.07, 6.45) is 0.909. The van der Waals surface area contributed by atoms with Crippen molar-refractivity contribution in [2.75, 3.05) is 24.6 Å². The Morgan fingerprint density at radius 3 is 2.82 bits per heavy atom. The van der Waals surface area contributed by atoms with Gasteiger partial charge in [0.1, 0.15) is 0 Å². The molecule has 0 bridgehead atoms. The molecule has 4 nitrogen and oxygen atoms in total. The predicted molar refractivity (Wildman–Crippen MR) is 91.5 cm³/mol. The van der Waals surface area contributed by atoms with E-state index in [4.69, 9.17) is 0 Å². The largest absolute Gasteiger partial charge is 0.341 e. The van der Waals surface area contributed by atoms with Crippen LogP contribution >= 0.6 is 11.8 Å². The van der Waals surface area contributed by atoms with E-state index in [-0.39, 0.29) is 11.5 Å². The first-order valence-corrected chi connectivity index (χ1v) is 8.77. The summed E-state index contributed by atoms with van der Waals surface area (Å²) in [6.45, 7) is 3.66. The maximum Gasteiger partial charge on any atom is 0.251 e. The van der Waals surface area contributed by atoms with Crippen molar-refractivity contribution >= 4 is 28.6 Å². The number of fused-ring (bicyclic) bond motifs is 1. The van der Waals surface area contributed by atoms with Crippen molar-refractivity contribution in [3.8, 4) is 0 Å². The van der Waals surface area contributed by atoms with Gasteiger partial charge in [0.25, 0.3) is 5.56 Å². The number of nitrogens with zero attached hydrogens (tertiary/aromatic N) is 1. The summed E-state index contributed by atoms with van der Waals surface area (Å²) in [5, 5.41) is 1.02. The first-order chi connectivity index (χ1) is 10.6. The molecule has 1 amide bonds. The number of carbonyl (C=O) groups is 1. The van der Waals surface area contributed by atoms with Crippen LogP contribution in [0.2, 0.25) is 0 Å². The van der Waals surface area contributed by atoms with Gasteiger partial charge in [-0.3, -0.25) is 9.59 Å². The Kier molecular flexibility index (Phi) is 4.52. The molecule has 0 spiro atoms. The predicted octanol–water partition coefficient (Wildman–Crippen LogP) is 2.34. The fourth-order valence-electron chi connectivity index (χ4n) is 2.76. The molecule has 22 heavy (non-hydrogen) atoms. The smallest absolute Gasteiger partial charge is 0.251 e. The Labute approximate surface area is 133 Å². The molecule has 1 aromatic heterocycles. The second kappa shape index (κ2) is 6.57. The van der Waals surface area contributed by atoms with Gasteiger partial charge in [-0.25, -0.2) is 0 Å². The van der Waals surface area contributed by atoms with Gasteiger partial charge in [-0.05, 0) is 36.4 Å². The van der Waals surface area contributed by atoms with E-state index in [1.165, 1.54) is 0 Å². The van der Waals surface area contributed by atoms with Crippen LogP contribution in [0.15, 0.2) is 29.1 Å². The summed E-state index contributed by atoms with van der Waals surface area (Å²) in [5.41, 5.74) is 2.58. The molecule has 1 aliphatic rings. The molecule has 3 rings (SSSR count). The molecule has 2 aromatic rings. The molecule has 116 valence electrons. The molecular weight excluding hydrogens is 296 g/mol. The van der Waals surface area contributed by atoms with Gasteiger partial charge >= 0.3 is 0 Å². The number of amides is 1. The van der Waals surface area contributed by atoms with Crippen LogP contribution in [0.25, 0.3) is 10.9 Å². The normalized spacial score (nSPS) is 15.2. The van der Waals surface area contributed by atoms with E-state index in [0.29, 0.717) is 18.4 Å². The van der Waals surface area contributed by atoms with Crippen molar-refractivity contribution in [2.45, 2.75) is 19.8 Å². The zero-order valence-corrected chi connectivity index (χ0v) is 13.5. The SMILES string of the molecule is Cc1ccc2cc(CCC(=O)N3CCSCC3)c(=O)[nH]c2c1. The first kappa shape index (κ1) is 15.2. The maximum absolute atomic E-state index is 12.2. The summed E-state index contributed by atoms with van der Waals surface area (Å²) in [4.78, 5) is 29.2. The number of thioether (sulfide) groups is 1. The zero-order chi connectivity index (χ0) is 15.5. The van der Waals surface area contributed by atoms with Gasteiger partial charge in [0.2, 0.25) is 5.91 Å². The summed E-state index contributed by atoms with van der Waals surface area (Å²) in [5.74, 6) is 2.19. The average Bonchev–Trinajstić information content (AvgIpc) is 2.53. The number of hydrogen-bond acceptors (Lipinski definition) is 3. The van der Waals surface area contributed by atoms with Crippen molar-refractivity contribution in [1.29, 1.82) is 0 Å².